The number of aromatic nitrogens is 2. The van der Waals surface area contributed by atoms with Crippen LogP contribution in [-0.4, -0.2) is 49.2 Å². The van der Waals surface area contributed by atoms with E-state index in [-0.39, 0.29) is 30.8 Å². The Kier molecular flexibility index (Phi) is 6.26. The molecule has 3 heterocycles. The summed E-state index contributed by atoms with van der Waals surface area (Å²) in [5, 5.41) is 4.27. The molecule has 0 aromatic carbocycles. The molecule has 0 aliphatic carbocycles. The first-order valence-corrected chi connectivity index (χ1v) is 6.31. The molecule has 21 heavy (non-hydrogen) atoms. The molecule has 2 aromatic heterocycles. The number of esters is 1. The van der Waals surface area contributed by atoms with Gasteiger partial charge in [-0.2, -0.15) is 0 Å². The van der Waals surface area contributed by atoms with Crippen LogP contribution in [0.4, 0.5) is 5.69 Å². The molecule has 1 aliphatic heterocycles. The van der Waals surface area contributed by atoms with Crippen molar-refractivity contribution in [3.05, 3.63) is 24.0 Å². The minimum Gasteiger partial charge on any atom is -0.465 e. The van der Waals surface area contributed by atoms with Gasteiger partial charge in [-0.15, -0.1) is 24.8 Å². The van der Waals surface area contributed by atoms with E-state index in [0.29, 0.717) is 5.56 Å². The number of pyridine rings is 1. The van der Waals surface area contributed by atoms with Crippen LogP contribution in [0.2, 0.25) is 0 Å². The molecule has 0 bridgehead atoms. The van der Waals surface area contributed by atoms with Crippen LogP contribution in [0.5, 0.6) is 0 Å². The number of hydrogen-bond acceptors (Lipinski definition) is 5. The van der Waals surface area contributed by atoms with Crippen LogP contribution in [-0.2, 0) is 4.74 Å². The van der Waals surface area contributed by atoms with Crippen molar-refractivity contribution in [1.82, 2.24) is 15.3 Å². The van der Waals surface area contributed by atoms with Gasteiger partial charge in [0.25, 0.3) is 0 Å². The third kappa shape index (κ3) is 3.23. The van der Waals surface area contributed by atoms with Crippen molar-refractivity contribution in [2.24, 2.45) is 0 Å². The van der Waals surface area contributed by atoms with E-state index in [2.05, 4.69) is 20.2 Å². The maximum Gasteiger partial charge on any atom is 0.341 e. The topological polar surface area (TPSA) is 70.2 Å². The number of methoxy groups -OCH3 is 1. The van der Waals surface area contributed by atoms with E-state index in [1.807, 2.05) is 12.3 Å². The van der Waals surface area contributed by atoms with Gasteiger partial charge in [-0.25, -0.2) is 9.78 Å². The van der Waals surface area contributed by atoms with Gasteiger partial charge in [0.1, 0.15) is 11.2 Å². The van der Waals surface area contributed by atoms with Crippen LogP contribution < -0.4 is 10.2 Å². The Morgan fingerprint density at radius 3 is 2.71 bits per heavy atom. The van der Waals surface area contributed by atoms with E-state index < -0.39 is 0 Å². The van der Waals surface area contributed by atoms with Crippen LogP contribution >= 0.6 is 24.8 Å². The van der Waals surface area contributed by atoms with Crippen molar-refractivity contribution in [3.8, 4) is 0 Å². The van der Waals surface area contributed by atoms with Crippen molar-refractivity contribution in [2.45, 2.75) is 0 Å². The highest BCUT2D eigenvalue weighted by Crippen LogP contribution is 2.29. The number of carbonyl (C=O) groups is 1. The van der Waals surface area contributed by atoms with Crippen molar-refractivity contribution in [2.75, 3.05) is 38.2 Å². The highest BCUT2D eigenvalue weighted by Gasteiger charge is 2.22. The van der Waals surface area contributed by atoms with Gasteiger partial charge in [-0.1, -0.05) is 0 Å². The molecule has 8 heteroatoms. The number of nitrogens with zero attached hydrogens (tertiary/aromatic N) is 2. The third-order valence-corrected chi connectivity index (χ3v) is 3.40. The summed E-state index contributed by atoms with van der Waals surface area (Å²) >= 11 is 0. The summed E-state index contributed by atoms with van der Waals surface area (Å²) in [6.45, 7) is 3.56. The van der Waals surface area contributed by atoms with Gasteiger partial charge in [0.2, 0.25) is 0 Å². The third-order valence-electron chi connectivity index (χ3n) is 3.40. The van der Waals surface area contributed by atoms with Crippen LogP contribution in [0.15, 0.2) is 18.5 Å². The number of rotatable bonds is 2. The van der Waals surface area contributed by atoms with Gasteiger partial charge in [-0.3, -0.25) is 0 Å². The van der Waals surface area contributed by atoms with Gasteiger partial charge in [-0.05, 0) is 6.07 Å². The number of anilines is 1. The molecule has 0 atom stereocenters. The Bertz CT molecular complexity index is 611. The number of ether oxygens (including phenoxy) is 1. The average molecular weight is 333 g/mol. The Morgan fingerprint density at radius 1 is 1.33 bits per heavy atom. The number of piperazine rings is 1. The zero-order valence-electron chi connectivity index (χ0n) is 11.6. The number of carbonyl (C=O) groups excluding carboxylic acids is 1. The lowest BCUT2D eigenvalue weighted by Gasteiger charge is -2.31. The first-order valence-electron chi connectivity index (χ1n) is 6.31. The lowest BCUT2D eigenvalue weighted by molar-refractivity contribution is 0.0601. The fraction of sp³-hybridized carbons (Fsp3) is 0.385. The van der Waals surface area contributed by atoms with E-state index in [1.54, 1.807) is 6.20 Å². The van der Waals surface area contributed by atoms with E-state index in [0.717, 1.165) is 42.9 Å². The number of H-pyrrole nitrogens is 1. The lowest BCUT2D eigenvalue weighted by Crippen LogP contribution is -2.44. The summed E-state index contributed by atoms with van der Waals surface area (Å²) in [5.74, 6) is -0.343. The van der Waals surface area contributed by atoms with Crippen molar-refractivity contribution in [1.29, 1.82) is 0 Å². The number of hydrogen-bond donors (Lipinski definition) is 2. The first-order chi connectivity index (χ1) is 9.31. The first kappa shape index (κ1) is 17.6. The van der Waals surface area contributed by atoms with Gasteiger partial charge < -0.3 is 19.9 Å². The second kappa shape index (κ2) is 7.49. The normalized spacial score (nSPS) is 14.2. The van der Waals surface area contributed by atoms with Crippen LogP contribution in [0, 0.1) is 0 Å². The molecule has 116 valence electrons. The standard InChI is InChI=1S/C13H16N4O2.2ClH/c1-19-13(18)10-8-16-12-9(2-3-15-12)11(10)17-6-4-14-5-7-17;;/h2-3,8,14H,4-7H2,1H3,(H,15,16);2*1H. The highest BCUT2D eigenvalue weighted by atomic mass is 35.5. The fourth-order valence-corrected chi connectivity index (χ4v) is 2.48. The smallest absolute Gasteiger partial charge is 0.341 e. The predicted octanol–water partition coefficient (Wildman–Crippen LogP) is 1.60. The highest BCUT2D eigenvalue weighted by molar-refractivity contribution is 6.04. The maximum atomic E-state index is 11.9. The second-order valence-corrected chi connectivity index (χ2v) is 4.49. The zero-order valence-corrected chi connectivity index (χ0v) is 13.2. The van der Waals surface area contributed by atoms with Crippen LogP contribution in [0.25, 0.3) is 11.0 Å². The molecule has 1 aliphatic rings. The van der Waals surface area contributed by atoms with Crippen molar-refractivity contribution in [3.63, 3.8) is 0 Å². The molecule has 1 saturated heterocycles. The summed E-state index contributed by atoms with van der Waals surface area (Å²) in [4.78, 5) is 21.5. The molecule has 0 amide bonds. The van der Waals surface area contributed by atoms with E-state index >= 15 is 0 Å². The molecule has 0 saturated carbocycles. The van der Waals surface area contributed by atoms with Gasteiger partial charge in [0.05, 0.1) is 12.8 Å². The Morgan fingerprint density at radius 2 is 2.05 bits per heavy atom. The summed E-state index contributed by atoms with van der Waals surface area (Å²) in [5.41, 5.74) is 2.23. The predicted molar refractivity (Wildman–Crippen MR) is 87.0 cm³/mol. The van der Waals surface area contributed by atoms with Gasteiger partial charge in [0, 0.05) is 44.0 Å². The Balaban J connectivity index is 0.00000110. The number of halogens is 2. The monoisotopic (exact) mass is 332 g/mol. The molecule has 0 spiro atoms. The minimum atomic E-state index is -0.343. The number of aromatic amines is 1. The molecule has 3 rings (SSSR count). The van der Waals surface area contributed by atoms with E-state index in [1.165, 1.54) is 7.11 Å². The summed E-state index contributed by atoms with van der Waals surface area (Å²) in [6, 6.07) is 1.95. The van der Waals surface area contributed by atoms with E-state index in [9.17, 15) is 4.79 Å². The van der Waals surface area contributed by atoms with Crippen molar-refractivity contribution < 1.29 is 9.53 Å². The quantitative estimate of drug-likeness (QED) is 0.817. The van der Waals surface area contributed by atoms with Gasteiger partial charge in [0.15, 0.2) is 0 Å². The maximum absolute atomic E-state index is 11.9. The SMILES string of the molecule is COC(=O)c1cnc2[nH]ccc2c1N1CCNCC1.Cl.Cl. The number of fused-ring (bicyclic) bond motifs is 1. The molecule has 2 N–H and O–H groups in total. The molecular weight excluding hydrogens is 315 g/mol. The second-order valence-electron chi connectivity index (χ2n) is 4.49. The zero-order chi connectivity index (χ0) is 13.2. The average Bonchev–Trinajstić information content (AvgIpc) is 2.94. The Hall–Kier alpha value is -1.50. The van der Waals surface area contributed by atoms with Crippen LogP contribution in [0.3, 0.4) is 0 Å². The summed E-state index contributed by atoms with van der Waals surface area (Å²) in [7, 11) is 1.39. The molecule has 0 unspecified atom stereocenters. The van der Waals surface area contributed by atoms with E-state index in [4.69, 9.17) is 4.74 Å². The van der Waals surface area contributed by atoms with Crippen LogP contribution in [0.1, 0.15) is 10.4 Å². The Labute approximate surface area is 135 Å². The molecule has 1 fully saturated rings. The minimum absolute atomic E-state index is 0. The van der Waals surface area contributed by atoms with Gasteiger partial charge >= 0.3 is 5.97 Å². The largest absolute Gasteiger partial charge is 0.465 e. The molecule has 2 aromatic rings. The molecular formula is C13H18Cl2N4O2. The summed E-state index contributed by atoms with van der Waals surface area (Å²) in [6.07, 6.45) is 3.42. The molecule has 6 nitrogen and oxygen atoms in total. The lowest BCUT2D eigenvalue weighted by atomic mass is 10.1. The fourth-order valence-electron chi connectivity index (χ4n) is 2.48. The number of nitrogens with one attached hydrogen (secondary N) is 2. The summed E-state index contributed by atoms with van der Waals surface area (Å²) < 4.78 is 4.86. The molecule has 0 radical (unpaired) electrons. The van der Waals surface area contributed by atoms with Crippen molar-refractivity contribution >= 4 is 47.5 Å².